The van der Waals surface area contributed by atoms with Crippen molar-refractivity contribution in [3.05, 3.63) is 107 Å². The number of amides is 2. The lowest BCUT2D eigenvalue weighted by Crippen LogP contribution is -2.26. The Bertz CT molecular complexity index is 1580. The lowest BCUT2D eigenvalue weighted by molar-refractivity contribution is 0.0947. The van der Waals surface area contributed by atoms with Crippen LogP contribution in [0.25, 0.3) is 16.9 Å². The zero-order valence-electron chi connectivity index (χ0n) is 20.1. The third kappa shape index (κ3) is 5.55. The molecule has 38 heavy (non-hydrogen) atoms. The van der Waals surface area contributed by atoms with Gasteiger partial charge in [0.15, 0.2) is 5.69 Å². The van der Waals surface area contributed by atoms with Gasteiger partial charge >= 0.3 is 0 Å². The number of H-pyrrole nitrogens is 1. The van der Waals surface area contributed by atoms with E-state index in [1.54, 1.807) is 48.8 Å². The quantitative estimate of drug-likeness (QED) is 0.239. The van der Waals surface area contributed by atoms with Crippen molar-refractivity contribution >= 4 is 35.1 Å². The number of carbonyl (C=O) groups is 2. The van der Waals surface area contributed by atoms with Crippen LogP contribution >= 0.6 is 11.6 Å². The zero-order valence-corrected chi connectivity index (χ0v) is 20.8. The molecule has 0 atom stereocenters. The zero-order chi connectivity index (χ0) is 26.5. The first kappa shape index (κ1) is 24.7. The highest BCUT2D eigenvalue weighted by Crippen LogP contribution is 2.26. The SMILES string of the molecule is Nc1cccc(-c2ccc(Cl)c(C(=O)Nc3cc(C(=O)NCCc4ncc[nH]4)nn3-c3ccccc3)c2)n1. The van der Waals surface area contributed by atoms with Crippen LogP contribution in [0.1, 0.15) is 26.7 Å². The minimum atomic E-state index is -0.470. The van der Waals surface area contributed by atoms with Crippen LogP contribution in [0.15, 0.2) is 85.2 Å². The third-order valence-corrected chi connectivity index (χ3v) is 5.99. The summed E-state index contributed by atoms with van der Waals surface area (Å²) in [5.41, 5.74) is 8.15. The molecule has 0 saturated carbocycles. The molecular weight excluding hydrogens is 504 g/mol. The Kier molecular flexibility index (Phi) is 7.14. The van der Waals surface area contributed by atoms with Crippen molar-refractivity contribution in [2.75, 3.05) is 17.6 Å². The van der Waals surface area contributed by atoms with Gasteiger partial charge in [0.1, 0.15) is 17.5 Å². The molecular formula is C27H23ClN8O2. The predicted octanol–water partition coefficient (Wildman–Crippen LogP) is 4.12. The summed E-state index contributed by atoms with van der Waals surface area (Å²) in [7, 11) is 0. The molecule has 0 fully saturated rings. The molecule has 0 radical (unpaired) electrons. The number of aromatic nitrogens is 5. The van der Waals surface area contributed by atoms with Crippen molar-refractivity contribution < 1.29 is 9.59 Å². The van der Waals surface area contributed by atoms with Gasteiger partial charge in [0.05, 0.1) is 22.0 Å². The van der Waals surface area contributed by atoms with E-state index in [-0.39, 0.29) is 22.2 Å². The summed E-state index contributed by atoms with van der Waals surface area (Å²) in [6, 6.07) is 21.0. The third-order valence-electron chi connectivity index (χ3n) is 5.66. The Morgan fingerprint density at radius 2 is 1.84 bits per heavy atom. The lowest BCUT2D eigenvalue weighted by Gasteiger charge is -2.11. The number of nitrogens with two attached hydrogens (primary N) is 1. The van der Waals surface area contributed by atoms with Gasteiger partial charge < -0.3 is 21.4 Å². The van der Waals surface area contributed by atoms with Gasteiger partial charge in [-0.25, -0.2) is 14.6 Å². The van der Waals surface area contributed by atoms with Crippen LogP contribution in [-0.2, 0) is 6.42 Å². The Balaban J connectivity index is 1.41. The van der Waals surface area contributed by atoms with Crippen molar-refractivity contribution in [2.45, 2.75) is 6.42 Å². The molecule has 0 aliphatic heterocycles. The Morgan fingerprint density at radius 1 is 1.00 bits per heavy atom. The maximum absolute atomic E-state index is 13.4. The monoisotopic (exact) mass is 526 g/mol. The molecule has 5 N–H and O–H groups in total. The molecule has 0 aliphatic carbocycles. The van der Waals surface area contributed by atoms with Crippen LogP contribution in [0.5, 0.6) is 0 Å². The first-order valence-electron chi connectivity index (χ1n) is 11.7. The van der Waals surface area contributed by atoms with E-state index in [1.165, 1.54) is 10.7 Å². The number of hydrogen-bond acceptors (Lipinski definition) is 6. The predicted molar refractivity (Wildman–Crippen MR) is 145 cm³/mol. The molecule has 190 valence electrons. The number of pyridine rings is 1. The van der Waals surface area contributed by atoms with E-state index in [2.05, 4.69) is 30.7 Å². The van der Waals surface area contributed by atoms with Crippen LogP contribution in [-0.4, -0.2) is 43.1 Å². The second kappa shape index (κ2) is 11.0. The van der Waals surface area contributed by atoms with E-state index in [4.69, 9.17) is 17.3 Å². The first-order chi connectivity index (χ1) is 18.5. The molecule has 11 heteroatoms. The van der Waals surface area contributed by atoms with Crippen molar-refractivity contribution in [1.29, 1.82) is 0 Å². The molecule has 3 heterocycles. The number of para-hydroxylation sites is 1. The second-order valence-corrected chi connectivity index (χ2v) is 8.71. The van der Waals surface area contributed by atoms with E-state index in [9.17, 15) is 9.59 Å². The minimum Gasteiger partial charge on any atom is -0.384 e. The number of nitrogen functional groups attached to an aromatic ring is 1. The van der Waals surface area contributed by atoms with E-state index < -0.39 is 5.91 Å². The first-order valence-corrected chi connectivity index (χ1v) is 12.1. The number of imidazole rings is 1. The largest absolute Gasteiger partial charge is 0.384 e. The summed E-state index contributed by atoms with van der Waals surface area (Å²) >= 11 is 6.39. The molecule has 0 spiro atoms. The molecule has 0 saturated heterocycles. The molecule has 10 nitrogen and oxygen atoms in total. The standard InChI is InChI=1S/C27H23ClN8O2/c28-20-10-9-17(21-7-4-8-23(29)33-21)15-19(20)26(37)34-25-16-22(35-36(25)18-5-2-1-3-6-18)27(38)32-12-11-24-30-13-14-31-24/h1-10,13-16H,11-12H2,(H2,29,33)(H,30,31)(H,32,38)(H,34,37). The smallest absolute Gasteiger partial charge is 0.271 e. The summed E-state index contributed by atoms with van der Waals surface area (Å²) < 4.78 is 1.50. The second-order valence-electron chi connectivity index (χ2n) is 8.30. The van der Waals surface area contributed by atoms with Crippen molar-refractivity contribution in [2.24, 2.45) is 0 Å². The van der Waals surface area contributed by atoms with Gasteiger partial charge in [-0.1, -0.05) is 41.9 Å². The number of hydrogen-bond donors (Lipinski definition) is 4. The van der Waals surface area contributed by atoms with Gasteiger partial charge in [0, 0.05) is 37.0 Å². The summed E-state index contributed by atoms with van der Waals surface area (Å²) in [4.78, 5) is 37.7. The molecule has 2 aromatic carbocycles. The van der Waals surface area contributed by atoms with Crippen LogP contribution in [0.4, 0.5) is 11.6 Å². The Labute approximate surface area is 222 Å². The number of aromatic amines is 1. The van der Waals surface area contributed by atoms with Crippen molar-refractivity contribution in [3.63, 3.8) is 0 Å². The van der Waals surface area contributed by atoms with Gasteiger partial charge in [-0.15, -0.1) is 0 Å². The van der Waals surface area contributed by atoms with Gasteiger partial charge in [0.25, 0.3) is 11.8 Å². The summed E-state index contributed by atoms with van der Waals surface area (Å²) in [5.74, 6) is 0.587. The number of nitrogens with zero attached hydrogens (tertiary/aromatic N) is 4. The van der Waals surface area contributed by atoms with Crippen LogP contribution in [0.3, 0.4) is 0 Å². The number of anilines is 2. The number of benzene rings is 2. The average Bonchev–Trinajstić information content (AvgIpc) is 3.60. The highest BCUT2D eigenvalue weighted by molar-refractivity contribution is 6.34. The van der Waals surface area contributed by atoms with E-state index >= 15 is 0 Å². The Hall–Kier alpha value is -4.96. The number of halogens is 1. The molecule has 0 bridgehead atoms. The number of carbonyl (C=O) groups excluding carboxylic acids is 2. The number of nitrogens with one attached hydrogen (secondary N) is 3. The van der Waals surface area contributed by atoms with E-state index in [0.717, 1.165) is 5.82 Å². The van der Waals surface area contributed by atoms with E-state index in [0.29, 0.717) is 41.5 Å². The van der Waals surface area contributed by atoms with Crippen LogP contribution < -0.4 is 16.4 Å². The fourth-order valence-corrected chi connectivity index (χ4v) is 4.02. The molecule has 2 amide bonds. The summed E-state index contributed by atoms with van der Waals surface area (Å²) in [6.07, 6.45) is 3.92. The molecule has 5 aromatic rings. The molecule has 0 aliphatic rings. The highest BCUT2D eigenvalue weighted by atomic mass is 35.5. The average molecular weight is 527 g/mol. The maximum Gasteiger partial charge on any atom is 0.271 e. The highest BCUT2D eigenvalue weighted by Gasteiger charge is 2.19. The molecule has 0 unspecified atom stereocenters. The Morgan fingerprint density at radius 3 is 2.61 bits per heavy atom. The van der Waals surface area contributed by atoms with Gasteiger partial charge in [-0.05, 0) is 36.4 Å². The lowest BCUT2D eigenvalue weighted by atomic mass is 10.1. The number of rotatable bonds is 8. The fraction of sp³-hybridized carbons (Fsp3) is 0.0741. The fourth-order valence-electron chi connectivity index (χ4n) is 3.82. The van der Waals surface area contributed by atoms with E-state index in [1.807, 2.05) is 30.3 Å². The maximum atomic E-state index is 13.4. The summed E-state index contributed by atoms with van der Waals surface area (Å²) in [5, 5.41) is 10.4. The molecule has 5 rings (SSSR count). The molecule has 3 aromatic heterocycles. The topological polar surface area (TPSA) is 144 Å². The van der Waals surface area contributed by atoms with Crippen LogP contribution in [0, 0.1) is 0 Å². The van der Waals surface area contributed by atoms with Gasteiger partial charge in [-0.3, -0.25) is 9.59 Å². The van der Waals surface area contributed by atoms with Crippen molar-refractivity contribution in [1.82, 2.24) is 30.0 Å². The van der Waals surface area contributed by atoms with Crippen LogP contribution in [0.2, 0.25) is 5.02 Å². The summed E-state index contributed by atoms with van der Waals surface area (Å²) in [6.45, 7) is 0.368. The normalized spacial score (nSPS) is 10.8. The van der Waals surface area contributed by atoms with Gasteiger partial charge in [-0.2, -0.15) is 5.10 Å². The minimum absolute atomic E-state index is 0.146. The van der Waals surface area contributed by atoms with Gasteiger partial charge in [0.2, 0.25) is 0 Å². The van der Waals surface area contributed by atoms with Crippen molar-refractivity contribution in [3.8, 4) is 16.9 Å².